The van der Waals surface area contributed by atoms with Crippen LogP contribution in [0, 0.1) is 0 Å². The quantitative estimate of drug-likeness (QED) is 0.899. The number of nitrogens with two attached hydrogens (primary N) is 1. The largest absolute Gasteiger partial charge is 0.416 e. The summed E-state index contributed by atoms with van der Waals surface area (Å²) in [6.45, 7) is 3.76. The summed E-state index contributed by atoms with van der Waals surface area (Å²) < 4.78 is 37.7. The van der Waals surface area contributed by atoms with Crippen LogP contribution in [0.25, 0.3) is 0 Å². The van der Waals surface area contributed by atoms with Crippen LogP contribution in [0.3, 0.4) is 0 Å². The van der Waals surface area contributed by atoms with Crippen molar-refractivity contribution in [2.45, 2.75) is 25.6 Å². The molecule has 0 unspecified atom stereocenters. The summed E-state index contributed by atoms with van der Waals surface area (Å²) in [6.07, 6.45) is -4.44. The van der Waals surface area contributed by atoms with Crippen molar-refractivity contribution in [2.75, 3.05) is 18.9 Å². The summed E-state index contributed by atoms with van der Waals surface area (Å²) in [5.41, 5.74) is 4.24. The highest BCUT2D eigenvalue weighted by Crippen LogP contribution is 2.30. The van der Waals surface area contributed by atoms with Gasteiger partial charge in [-0.25, -0.2) is 4.79 Å². The molecule has 0 bridgehead atoms. The van der Waals surface area contributed by atoms with Crippen LogP contribution in [0.4, 0.5) is 23.7 Å². The summed E-state index contributed by atoms with van der Waals surface area (Å²) in [7, 11) is 1.54. The Morgan fingerprint density at radius 3 is 2.45 bits per heavy atom. The molecule has 4 nitrogen and oxygen atoms in total. The van der Waals surface area contributed by atoms with Gasteiger partial charge in [-0.1, -0.05) is 6.07 Å². The number of hydrogen-bond acceptors (Lipinski definition) is 2. The van der Waals surface area contributed by atoms with Crippen LogP contribution < -0.4 is 11.1 Å². The number of alkyl halides is 3. The topological polar surface area (TPSA) is 58.4 Å². The first-order valence-electron chi connectivity index (χ1n) is 6.00. The monoisotopic (exact) mass is 289 g/mol. The van der Waals surface area contributed by atoms with Gasteiger partial charge in [-0.2, -0.15) is 13.2 Å². The third kappa shape index (κ3) is 3.86. The molecule has 1 aromatic carbocycles. The van der Waals surface area contributed by atoms with Gasteiger partial charge in [-0.05, 0) is 32.0 Å². The second-order valence-electron chi connectivity index (χ2n) is 5.08. The molecule has 3 N–H and O–H groups in total. The number of carbonyl (C=O) groups is 1. The maximum atomic E-state index is 12.6. The highest BCUT2D eigenvalue weighted by molar-refractivity contribution is 5.89. The van der Waals surface area contributed by atoms with Gasteiger partial charge in [0.1, 0.15) is 0 Å². The molecule has 112 valence electrons. The molecular weight excluding hydrogens is 271 g/mol. The number of carbonyl (C=O) groups excluding carboxylic acids is 1. The molecule has 0 heterocycles. The highest BCUT2D eigenvalue weighted by Gasteiger charge is 2.31. The SMILES string of the molecule is CN(C(=O)Nc1cccc(C(F)(F)F)c1)C(C)(C)CN. The normalized spacial score (nSPS) is 12.2. The number of amides is 2. The molecule has 20 heavy (non-hydrogen) atoms. The van der Waals surface area contributed by atoms with Gasteiger partial charge in [0.15, 0.2) is 0 Å². The van der Waals surface area contributed by atoms with E-state index < -0.39 is 23.3 Å². The van der Waals surface area contributed by atoms with E-state index in [0.29, 0.717) is 0 Å². The molecule has 0 atom stereocenters. The number of benzene rings is 1. The second-order valence-corrected chi connectivity index (χ2v) is 5.08. The molecule has 2 amide bonds. The van der Waals surface area contributed by atoms with E-state index in [4.69, 9.17) is 5.73 Å². The Labute approximate surface area is 115 Å². The summed E-state index contributed by atoms with van der Waals surface area (Å²) in [6, 6.07) is 3.97. The Morgan fingerprint density at radius 2 is 1.95 bits per heavy atom. The molecule has 0 spiro atoms. The van der Waals surface area contributed by atoms with E-state index in [9.17, 15) is 18.0 Å². The van der Waals surface area contributed by atoms with Crippen LogP contribution >= 0.6 is 0 Å². The van der Waals surface area contributed by atoms with Crippen LogP contribution in [0.5, 0.6) is 0 Å². The number of nitrogens with one attached hydrogen (secondary N) is 1. The predicted molar refractivity (Wildman–Crippen MR) is 71.4 cm³/mol. The maximum absolute atomic E-state index is 12.6. The number of hydrogen-bond donors (Lipinski definition) is 2. The summed E-state index contributed by atoms with van der Waals surface area (Å²) in [5, 5.41) is 2.43. The third-order valence-corrected chi connectivity index (χ3v) is 3.15. The van der Waals surface area contributed by atoms with Gasteiger partial charge in [0.2, 0.25) is 0 Å². The molecule has 0 saturated heterocycles. The van der Waals surface area contributed by atoms with E-state index in [0.717, 1.165) is 12.1 Å². The van der Waals surface area contributed by atoms with Crippen molar-refractivity contribution in [3.8, 4) is 0 Å². The number of halogens is 3. The van der Waals surface area contributed by atoms with Crippen molar-refractivity contribution in [1.82, 2.24) is 4.90 Å². The first-order chi connectivity index (χ1) is 9.08. The zero-order valence-electron chi connectivity index (χ0n) is 11.6. The number of urea groups is 1. The maximum Gasteiger partial charge on any atom is 0.416 e. The van der Waals surface area contributed by atoms with E-state index in [1.807, 2.05) is 0 Å². The Morgan fingerprint density at radius 1 is 1.35 bits per heavy atom. The number of likely N-dealkylation sites (N-methyl/N-ethyl adjacent to an activating group) is 1. The minimum absolute atomic E-state index is 0.0875. The molecular formula is C13H18F3N3O. The minimum Gasteiger partial charge on any atom is -0.328 e. The number of anilines is 1. The van der Waals surface area contributed by atoms with E-state index in [2.05, 4.69) is 5.32 Å². The fourth-order valence-electron chi connectivity index (χ4n) is 1.39. The van der Waals surface area contributed by atoms with Crippen molar-refractivity contribution in [2.24, 2.45) is 5.73 Å². The summed E-state index contributed by atoms with van der Waals surface area (Å²) in [5.74, 6) is 0. The van der Waals surface area contributed by atoms with E-state index in [1.54, 1.807) is 13.8 Å². The van der Waals surface area contributed by atoms with Crippen LogP contribution in [-0.4, -0.2) is 30.1 Å². The van der Waals surface area contributed by atoms with Gasteiger partial charge in [0.05, 0.1) is 11.1 Å². The third-order valence-electron chi connectivity index (χ3n) is 3.15. The Bertz CT molecular complexity index is 486. The molecule has 1 aromatic rings. The Balaban J connectivity index is 2.87. The van der Waals surface area contributed by atoms with Crippen molar-refractivity contribution in [1.29, 1.82) is 0 Å². The van der Waals surface area contributed by atoms with Crippen LogP contribution in [0.15, 0.2) is 24.3 Å². The highest BCUT2D eigenvalue weighted by atomic mass is 19.4. The zero-order chi connectivity index (χ0) is 15.6. The molecule has 0 fully saturated rings. The van der Waals surface area contributed by atoms with E-state index in [-0.39, 0.29) is 12.2 Å². The predicted octanol–water partition coefficient (Wildman–Crippen LogP) is 2.91. The lowest BCUT2D eigenvalue weighted by atomic mass is 10.0. The van der Waals surface area contributed by atoms with Crippen molar-refractivity contribution >= 4 is 11.7 Å². The average molecular weight is 289 g/mol. The van der Waals surface area contributed by atoms with Crippen LogP contribution in [-0.2, 0) is 6.18 Å². The van der Waals surface area contributed by atoms with Gasteiger partial charge in [0, 0.05) is 19.3 Å². The average Bonchev–Trinajstić information content (AvgIpc) is 2.37. The zero-order valence-corrected chi connectivity index (χ0v) is 11.6. The molecule has 7 heteroatoms. The lowest BCUT2D eigenvalue weighted by molar-refractivity contribution is -0.137. The van der Waals surface area contributed by atoms with Gasteiger partial charge < -0.3 is 16.0 Å². The molecule has 0 aliphatic heterocycles. The lowest BCUT2D eigenvalue weighted by Crippen LogP contribution is -2.51. The fourth-order valence-corrected chi connectivity index (χ4v) is 1.39. The second kappa shape index (κ2) is 5.70. The van der Waals surface area contributed by atoms with E-state index in [1.165, 1.54) is 24.1 Å². The van der Waals surface area contributed by atoms with Crippen LogP contribution in [0.1, 0.15) is 19.4 Å². The Hall–Kier alpha value is -1.76. The van der Waals surface area contributed by atoms with Crippen molar-refractivity contribution in [3.05, 3.63) is 29.8 Å². The molecule has 0 saturated carbocycles. The fraction of sp³-hybridized carbons (Fsp3) is 0.462. The molecule has 0 aliphatic carbocycles. The van der Waals surface area contributed by atoms with Crippen LogP contribution in [0.2, 0.25) is 0 Å². The molecule has 0 aromatic heterocycles. The first-order valence-corrected chi connectivity index (χ1v) is 6.00. The van der Waals surface area contributed by atoms with Gasteiger partial charge >= 0.3 is 12.2 Å². The summed E-state index contributed by atoms with van der Waals surface area (Å²) >= 11 is 0. The van der Waals surface area contributed by atoms with E-state index >= 15 is 0 Å². The summed E-state index contributed by atoms with van der Waals surface area (Å²) in [4.78, 5) is 13.3. The van der Waals surface area contributed by atoms with Gasteiger partial charge in [-0.15, -0.1) is 0 Å². The molecule has 0 radical (unpaired) electrons. The lowest BCUT2D eigenvalue weighted by Gasteiger charge is -2.34. The minimum atomic E-state index is -4.44. The molecule has 0 aliphatic rings. The number of nitrogens with zero attached hydrogens (tertiary/aromatic N) is 1. The van der Waals surface area contributed by atoms with Crippen molar-refractivity contribution < 1.29 is 18.0 Å². The van der Waals surface area contributed by atoms with Gasteiger partial charge in [0.25, 0.3) is 0 Å². The standard InChI is InChI=1S/C13H18F3N3O/c1-12(2,8-17)19(3)11(20)18-10-6-4-5-9(7-10)13(14,15)16/h4-7H,8,17H2,1-3H3,(H,18,20). The Kier molecular flexibility index (Phi) is 4.65. The molecule has 1 rings (SSSR count). The van der Waals surface area contributed by atoms with Crippen molar-refractivity contribution in [3.63, 3.8) is 0 Å². The van der Waals surface area contributed by atoms with Gasteiger partial charge in [-0.3, -0.25) is 0 Å². The number of rotatable bonds is 3. The first kappa shape index (κ1) is 16.3. The smallest absolute Gasteiger partial charge is 0.328 e.